The van der Waals surface area contributed by atoms with E-state index < -0.39 is 23.9 Å². The Morgan fingerprint density at radius 2 is 1.88 bits per heavy atom. The number of imide groups is 1. The lowest BCUT2D eigenvalue weighted by Gasteiger charge is -2.36. The molecular weight excluding hydrogens is 460 g/mol. The van der Waals surface area contributed by atoms with E-state index in [1.807, 2.05) is 18.2 Å². The second-order valence-electron chi connectivity index (χ2n) is 8.65. The number of nitrogens with zero attached hydrogens (tertiary/aromatic N) is 6. The molecule has 3 aliphatic rings. The van der Waals surface area contributed by atoms with Crippen LogP contribution in [-0.2, 0) is 14.3 Å². The van der Waals surface area contributed by atoms with Crippen molar-refractivity contribution >= 4 is 46.9 Å². The standard InChI is InChI=1S/C23H30ClN6O4/c1-5-34-19(31)14-30-18(25-21-20(30)22(32)27(4)23(33)26(21)3)13-28-8-10-29(11-9-28)17-12-16(24)7-6-15(17)2/h6-7,12,20H,5,8-11,13-14H2,1-4H3/q+1. The second-order valence-corrected chi connectivity index (χ2v) is 9.09. The summed E-state index contributed by atoms with van der Waals surface area (Å²) in [5.74, 6) is 0.0967. The van der Waals surface area contributed by atoms with Crippen LogP contribution in [0.15, 0.2) is 23.2 Å². The van der Waals surface area contributed by atoms with E-state index in [2.05, 4.69) is 21.7 Å². The Labute approximate surface area is 204 Å². The largest absolute Gasteiger partial charge is 0.463 e. The Kier molecular flexibility index (Phi) is 6.90. The minimum atomic E-state index is -0.817. The highest BCUT2D eigenvalue weighted by Gasteiger charge is 2.53. The number of benzene rings is 1. The summed E-state index contributed by atoms with van der Waals surface area (Å²) in [6.45, 7) is 7.59. The average molecular weight is 490 g/mol. The summed E-state index contributed by atoms with van der Waals surface area (Å²) in [6.07, 6.45) is 0. The summed E-state index contributed by atoms with van der Waals surface area (Å²) in [5, 5.41) is 0.714. The normalized spacial score (nSPS) is 21.3. The van der Waals surface area contributed by atoms with Gasteiger partial charge in [-0.15, -0.1) is 0 Å². The molecule has 1 atom stereocenters. The van der Waals surface area contributed by atoms with Crippen LogP contribution < -0.4 is 4.90 Å². The number of aliphatic imine (C=N–C) groups is 1. The third-order valence-corrected chi connectivity index (χ3v) is 6.70. The number of esters is 1. The number of rotatable bonds is 6. The number of halogens is 1. The smallest absolute Gasteiger partial charge is 0.348 e. The molecule has 3 amide bonds. The summed E-state index contributed by atoms with van der Waals surface area (Å²) in [7, 11) is 3.03. The molecular formula is C23H30ClN6O4+. The third-order valence-electron chi connectivity index (χ3n) is 6.47. The molecule has 0 spiro atoms. The summed E-state index contributed by atoms with van der Waals surface area (Å²) in [6, 6.07) is 4.65. The van der Waals surface area contributed by atoms with E-state index in [0.29, 0.717) is 23.2 Å². The van der Waals surface area contributed by atoms with Crippen molar-refractivity contribution < 1.29 is 23.7 Å². The number of hydrogen-bond acceptors (Lipinski definition) is 7. The van der Waals surface area contributed by atoms with Gasteiger partial charge in [0.2, 0.25) is 0 Å². The zero-order chi connectivity index (χ0) is 24.6. The number of amidine groups is 2. The zero-order valence-corrected chi connectivity index (χ0v) is 20.7. The fourth-order valence-corrected chi connectivity index (χ4v) is 4.74. The number of carbonyl (C=O) groups excluding carboxylic acids is 3. The first-order valence-electron chi connectivity index (χ1n) is 11.4. The van der Waals surface area contributed by atoms with Gasteiger partial charge in [0, 0.05) is 51.0 Å². The van der Waals surface area contributed by atoms with Crippen molar-refractivity contribution in [2.45, 2.75) is 19.9 Å². The van der Waals surface area contributed by atoms with E-state index in [9.17, 15) is 14.4 Å². The molecule has 11 heteroatoms. The first-order chi connectivity index (χ1) is 16.2. The molecule has 0 N–H and O–H groups in total. The van der Waals surface area contributed by atoms with Crippen molar-refractivity contribution in [3.8, 4) is 0 Å². The van der Waals surface area contributed by atoms with Crippen molar-refractivity contribution in [3.05, 3.63) is 28.8 Å². The minimum absolute atomic E-state index is 0.107. The number of anilines is 1. The van der Waals surface area contributed by atoms with E-state index >= 15 is 0 Å². The molecule has 1 aromatic rings. The number of piperazine rings is 1. The van der Waals surface area contributed by atoms with Crippen LogP contribution in [-0.4, -0.2) is 115 Å². The summed E-state index contributed by atoms with van der Waals surface area (Å²) < 4.78 is 6.80. The van der Waals surface area contributed by atoms with Gasteiger partial charge >= 0.3 is 17.8 Å². The van der Waals surface area contributed by atoms with E-state index in [1.165, 1.54) is 17.5 Å². The summed E-state index contributed by atoms with van der Waals surface area (Å²) >= 11 is 6.20. The number of likely N-dealkylation sites (N-methyl/N-ethyl adjacent to an activating group) is 2. The molecule has 0 aromatic heterocycles. The third kappa shape index (κ3) is 4.52. The fraction of sp³-hybridized carbons (Fsp3) is 0.522. The Hall–Kier alpha value is -2.98. The Balaban J connectivity index is 1.54. The molecule has 1 aromatic carbocycles. The Bertz CT molecular complexity index is 1080. The second kappa shape index (κ2) is 9.71. The molecule has 3 aliphatic heterocycles. The highest BCUT2D eigenvalue weighted by molar-refractivity contribution is 6.30. The van der Waals surface area contributed by atoms with Gasteiger partial charge in [-0.1, -0.05) is 17.7 Å². The number of carbonyl (C=O) groups is 3. The zero-order valence-electron chi connectivity index (χ0n) is 20.0. The van der Waals surface area contributed by atoms with Crippen LogP contribution >= 0.6 is 11.6 Å². The van der Waals surface area contributed by atoms with E-state index in [0.717, 1.165) is 36.8 Å². The summed E-state index contributed by atoms with van der Waals surface area (Å²) in [4.78, 5) is 49.4. The predicted molar refractivity (Wildman–Crippen MR) is 129 cm³/mol. The van der Waals surface area contributed by atoms with Gasteiger partial charge in [0.05, 0.1) is 6.61 Å². The maximum Gasteiger partial charge on any atom is 0.348 e. The number of amides is 3. The lowest BCUT2D eigenvalue weighted by atomic mass is 10.1. The Morgan fingerprint density at radius 3 is 2.56 bits per heavy atom. The molecule has 1 unspecified atom stereocenters. The van der Waals surface area contributed by atoms with Gasteiger partial charge in [-0.05, 0) is 36.5 Å². The number of fused-ring (bicyclic) bond motifs is 1. The predicted octanol–water partition coefficient (Wildman–Crippen LogP) is 1.05. The van der Waals surface area contributed by atoms with Crippen LogP contribution in [0.5, 0.6) is 0 Å². The molecule has 3 heterocycles. The molecule has 0 radical (unpaired) electrons. The molecule has 0 saturated carbocycles. The van der Waals surface area contributed by atoms with Crippen LogP contribution in [0, 0.1) is 6.92 Å². The molecule has 2 saturated heterocycles. The van der Waals surface area contributed by atoms with Gasteiger partial charge in [0.15, 0.2) is 6.54 Å². The van der Waals surface area contributed by atoms with Crippen LogP contribution in [0.1, 0.15) is 12.5 Å². The number of ether oxygens (including phenoxy) is 1. The topological polar surface area (TPSA) is 88.8 Å². The highest BCUT2D eigenvalue weighted by Crippen LogP contribution is 2.26. The molecule has 0 aliphatic carbocycles. The van der Waals surface area contributed by atoms with Crippen LogP contribution in [0.25, 0.3) is 0 Å². The number of aryl methyl sites for hydroxylation is 1. The average Bonchev–Trinajstić information content (AvgIpc) is 3.16. The number of hydrogen-bond donors (Lipinski definition) is 0. The van der Waals surface area contributed by atoms with E-state index in [4.69, 9.17) is 16.3 Å². The number of urea groups is 1. The van der Waals surface area contributed by atoms with Crippen molar-refractivity contribution in [2.75, 3.05) is 64.9 Å². The van der Waals surface area contributed by atoms with Gasteiger partial charge in [-0.2, -0.15) is 0 Å². The van der Waals surface area contributed by atoms with Crippen molar-refractivity contribution in [1.29, 1.82) is 0 Å². The van der Waals surface area contributed by atoms with Gasteiger partial charge in [-0.25, -0.2) is 14.2 Å². The van der Waals surface area contributed by atoms with Gasteiger partial charge < -0.3 is 9.64 Å². The SMILES string of the molecule is CCOC(=O)C[N+]1=C(CN2CCN(c3cc(Cl)ccc3C)CC2)N=C2C1C(=O)N(C)C(=O)N2C. The molecule has 4 rings (SSSR count). The summed E-state index contributed by atoms with van der Waals surface area (Å²) in [5.41, 5.74) is 2.30. The van der Waals surface area contributed by atoms with Gasteiger partial charge in [-0.3, -0.25) is 19.5 Å². The van der Waals surface area contributed by atoms with Crippen molar-refractivity contribution in [3.63, 3.8) is 0 Å². The monoisotopic (exact) mass is 489 g/mol. The lowest BCUT2D eigenvalue weighted by molar-refractivity contribution is -0.527. The first kappa shape index (κ1) is 24.2. The maximum absolute atomic E-state index is 13.0. The van der Waals surface area contributed by atoms with Gasteiger partial charge in [0.25, 0.3) is 17.8 Å². The van der Waals surface area contributed by atoms with Crippen molar-refractivity contribution in [1.82, 2.24) is 14.7 Å². The Morgan fingerprint density at radius 1 is 1.18 bits per heavy atom. The van der Waals surface area contributed by atoms with E-state index in [1.54, 1.807) is 18.5 Å². The fourth-order valence-electron chi connectivity index (χ4n) is 4.57. The molecule has 0 bridgehead atoms. The lowest BCUT2D eigenvalue weighted by Crippen LogP contribution is -2.62. The molecule has 10 nitrogen and oxygen atoms in total. The van der Waals surface area contributed by atoms with E-state index in [-0.39, 0.29) is 13.2 Å². The minimum Gasteiger partial charge on any atom is -0.463 e. The first-order valence-corrected chi connectivity index (χ1v) is 11.7. The van der Waals surface area contributed by atoms with Crippen LogP contribution in [0.2, 0.25) is 5.02 Å². The van der Waals surface area contributed by atoms with Crippen LogP contribution in [0.3, 0.4) is 0 Å². The van der Waals surface area contributed by atoms with Crippen molar-refractivity contribution in [2.24, 2.45) is 4.99 Å². The quantitative estimate of drug-likeness (QED) is 0.438. The molecule has 2 fully saturated rings. The molecule has 34 heavy (non-hydrogen) atoms. The maximum atomic E-state index is 13.0. The molecule has 182 valence electrons. The van der Waals surface area contributed by atoms with Gasteiger partial charge in [0.1, 0.15) is 6.54 Å². The highest BCUT2D eigenvalue weighted by atomic mass is 35.5. The van der Waals surface area contributed by atoms with Crippen LogP contribution in [0.4, 0.5) is 10.5 Å².